The van der Waals surface area contributed by atoms with Crippen LogP contribution < -0.4 is 5.32 Å². The second kappa shape index (κ2) is 6.70. The Morgan fingerprint density at radius 3 is 2.71 bits per heavy atom. The first kappa shape index (κ1) is 17.5. The lowest BCUT2D eigenvalue weighted by molar-refractivity contribution is -0.137. The number of carbonyl (C=O) groups is 1. The van der Waals surface area contributed by atoms with Gasteiger partial charge in [-0.05, 0) is 18.2 Å². The van der Waals surface area contributed by atoms with E-state index in [1.807, 2.05) is 0 Å². The molecule has 0 fully saturated rings. The fourth-order valence-electron chi connectivity index (χ4n) is 2.02. The standard InChI is InChI=1S/C15H12F4N4O/c1-9(7-23-8-11(16)6-21-23)14(24)22-12-3-2-10(5-20)13(4-12)15(17,18)19/h2-4,6,8-9H,7H2,1H3,(H,22,24). The lowest BCUT2D eigenvalue weighted by Crippen LogP contribution is -2.25. The predicted octanol–water partition coefficient (Wildman–Crippen LogP) is 3.19. The van der Waals surface area contributed by atoms with Gasteiger partial charge in [0.15, 0.2) is 5.82 Å². The van der Waals surface area contributed by atoms with Gasteiger partial charge in [-0.1, -0.05) is 6.92 Å². The van der Waals surface area contributed by atoms with Gasteiger partial charge in [0.25, 0.3) is 0 Å². The first-order valence-corrected chi connectivity index (χ1v) is 6.81. The molecule has 0 radical (unpaired) electrons. The molecule has 126 valence electrons. The molecule has 1 unspecified atom stereocenters. The molecular formula is C15H12F4N4O. The van der Waals surface area contributed by atoms with E-state index < -0.39 is 34.9 Å². The smallest absolute Gasteiger partial charge is 0.326 e. The van der Waals surface area contributed by atoms with Crippen LogP contribution in [0.2, 0.25) is 0 Å². The summed E-state index contributed by atoms with van der Waals surface area (Å²) < 4.78 is 52.7. The van der Waals surface area contributed by atoms with Gasteiger partial charge < -0.3 is 5.32 Å². The van der Waals surface area contributed by atoms with Gasteiger partial charge in [0.2, 0.25) is 5.91 Å². The zero-order chi connectivity index (χ0) is 17.9. The summed E-state index contributed by atoms with van der Waals surface area (Å²) in [6.45, 7) is 1.60. The zero-order valence-electron chi connectivity index (χ0n) is 12.4. The quantitative estimate of drug-likeness (QED) is 0.869. The summed E-state index contributed by atoms with van der Waals surface area (Å²) in [5, 5.41) is 14.8. The highest BCUT2D eigenvalue weighted by Gasteiger charge is 2.34. The van der Waals surface area contributed by atoms with Gasteiger partial charge >= 0.3 is 6.18 Å². The lowest BCUT2D eigenvalue weighted by atomic mass is 10.1. The lowest BCUT2D eigenvalue weighted by Gasteiger charge is -2.14. The molecule has 1 aromatic heterocycles. The number of nitriles is 1. The molecule has 1 aromatic carbocycles. The molecule has 0 saturated carbocycles. The molecule has 5 nitrogen and oxygen atoms in total. The van der Waals surface area contributed by atoms with Crippen LogP contribution in [0.4, 0.5) is 23.2 Å². The Hall–Kier alpha value is -2.89. The van der Waals surface area contributed by atoms with Crippen LogP contribution in [0.5, 0.6) is 0 Å². The van der Waals surface area contributed by atoms with Crippen LogP contribution in [-0.4, -0.2) is 15.7 Å². The number of nitrogens with zero attached hydrogens (tertiary/aromatic N) is 3. The second-order valence-corrected chi connectivity index (χ2v) is 5.14. The third-order valence-electron chi connectivity index (χ3n) is 3.22. The van der Waals surface area contributed by atoms with Crippen molar-refractivity contribution in [2.45, 2.75) is 19.6 Å². The average Bonchev–Trinajstić information content (AvgIpc) is 2.91. The van der Waals surface area contributed by atoms with Crippen LogP contribution in [0.25, 0.3) is 0 Å². The molecule has 9 heteroatoms. The van der Waals surface area contributed by atoms with E-state index >= 15 is 0 Å². The molecule has 0 aliphatic heterocycles. The van der Waals surface area contributed by atoms with Crippen LogP contribution in [0, 0.1) is 23.1 Å². The highest BCUT2D eigenvalue weighted by molar-refractivity contribution is 5.92. The van der Waals surface area contributed by atoms with Crippen molar-refractivity contribution in [3.05, 3.63) is 47.5 Å². The van der Waals surface area contributed by atoms with Crippen LogP contribution in [0.15, 0.2) is 30.6 Å². The summed E-state index contributed by atoms with van der Waals surface area (Å²) in [7, 11) is 0. The summed E-state index contributed by atoms with van der Waals surface area (Å²) in [6, 6.07) is 4.37. The van der Waals surface area contributed by atoms with Crippen LogP contribution in [-0.2, 0) is 17.5 Å². The molecule has 0 saturated heterocycles. The summed E-state index contributed by atoms with van der Waals surface area (Å²) in [5.41, 5.74) is -1.73. The van der Waals surface area contributed by atoms with E-state index in [0.29, 0.717) is 6.07 Å². The summed E-state index contributed by atoms with van der Waals surface area (Å²) in [5.74, 6) is -1.76. The van der Waals surface area contributed by atoms with Crippen molar-refractivity contribution < 1.29 is 22.4 Å². The molecule has 0 spiro atoms. The summed E-state index contributed by atoms with van der Waals surface area (Å²) in [6.07, 6.45) is -2.61. The Kier molecular flexibility index (Phi) is 4.87. The first-order valence-electron chi connectivity index (χ1n) is 6.81. The van der Waals surface area contributed by atoms with Crippen molar-refractivity contribution in [1.82, 2.24) is 9.78 Å². The number of benzene rings is 1. The molecule has 0 aliphatic carbocycles. The van der Waals surface area contributed by atoms with Gasteiger partial charge in [-0.15, -0.1) is 0 Å². The highest BCUT2D eigenvalue weighted by Crippen LogP contribution is 2.33. The zero-order valence-corrected chi connectivity index (χ0v) is 12.4. The third-order valence-corrected chi connectivity index (χ3v) is 3.22. The minimum Gasteiger partial charge on any atom is -0.326 e. The molecule has 0 bridgehead atoms. The van der Waals surface area contributed by atoms with Crippen molar-refractivity contribution in [3.63, 3.8) is 0 Å². The Morgan fingerprint density at radius 1 is 1.46 bits per heavy atom. The van der Waals surface area contributed by atoms with E-state index in [9.17, 15) is 22.4 Å². The number of rotatable bonds is 4. The number of hydrogen-bond donors (Lipinski definition) is 1. The van der Waals surface area contributed by atoms with E-state index in [1.165, 1.54) is 23.7 Å². The van der Waals surface area contributed by atoms with Gasteiger partial charge in [0, 0.05) is 5.69 Å². The number of anilines is 1. The SMILES string of the molecule is CC(Cn1cc(F)cn1)C(=O)Nc1ccc(C#N)c(C(F)(F)F)c1. The normalized spacial score (nSPS) is 12.5. The molecule has 2 aromatic rings. The molecule has 0 aliphatic rings. The largest absolute Gasteiger partial charge is 0.417 e. The molecular weight excluding hydrogens is 328 g/mol. The van der Waals surface area contributed by atoms with Crippen LogP contribution in [0.1, 0.15) is 18.1 Å². The maximum Gasteiger partial charge on any atom is 0.417 e. The summed E-state index contributed by atoms with van der Waals surface area (Å²) >= 11 is 0. The number of halogens is 4. The molecule has 24 heavy (non-hydrogen) atoms. The maximum absolute atomic E-state index is 12.9. The summed E-state index contributed by atoms with van der Waals surface area (Å²) in [4.78, 5) is 12.0. The van der Waals surface area contributed by atoms with Crippen LogP contribution in [0.3, 0.4) is 0 Å². The molecule has 1 atom stereocenters. The van der Waals surface area contributed by atoms with Crippen LogP contribution >= 0.6 is 0 Å². The molecule has 1 N–H and O–H groups in total. The van der Waals surface area contributed by atoms with Crippen molar-refractivity contribution in [1.29, 1.82) is 5.26 Å². The van der Waals surface area contributed by atoms with E-state index in [2.05, 4.69) is 10.4 Å². The van der Waals surface area contributed by atoms with Crippen molar-refractivity contribution in [3.8, 4) is 6.07 Å². The Balaban J connectivity index is 2.12. The Bertz CT molecular complexity index is 792. The first-order chi connectivity index (χ1) is 11.2. The van der Waals surface area contributed by atoms with Crippen molar-refractivity contribution in [2.24, 2.45) is 5.92 Å². The van der Waals surface area contributed by atoms with Crippen molar-refractivity contribution in [2.75, 3.05) is 5.32 Å². The number of carbonyl (C=O) groups excluding carboxylic acids is 1. The number of amides is 1. The van der Waals surface area contributed by atoms with E-state index in [4.69, 9.17) is 5.26 Å². The number of alkyl halides is 3. The topological polar surface area (TPSA) is 70.7 Å². The average molecular weight is 340 g/mol. The fraction of sp³-hybridized carbons (Fsp3) is 0.267. The fourth-order valence-corrected chi connectivity index (χ4v) is 2.02. The number of aromatic nitrogens is 2. The van der Waals surface area contributed by atoms with Gasteiger partial charge in [-0.3, -0.25) is 9.48 Å². The van der Waals surface area contributed by atoms with E-state index in [-0.39, 0.29) is 12.2 Å². The van der Waals surface area contributed by atoms with Gasteiger partial charge in [-0.25, -0.2) is 4.39 Å². The van der Waals surface area contributed by atoms with Gasteiger partial charge in [0.05, 0.1) is 42.1 Å². The number of nitrogens with one attached hydrogen (secondary N) is 1. The molecule has 1 amide bonds. The van der Waals surface area contributed by atoms with Crippen molar-refractivity contribution >= 4 is 11.6 Å². The Labute approximate surface area is 134 Å². The molecule has 2 rings (SSSR count). The monoisotopic (exact) mass is 340 g/mol. The van der Waals surface area contributed by atoms with E-state index in [1.54, 1.807) is 0 Å². The van der Waals surface area contributed by atoms with Gasteiger partial charge in [-0.2, -0.15) is 23.5 Å². The highest BCUT2D eigenvalue weighted by atomic mass is 19.4. The van der Waals surface area contributed by atoms with Gasteiger partial charge in [0.1, 0.15) is 0 Å². The predicted molar refractivity (Wildman–Crippen MR) is 76.1 cm³/mol. The Morgan fingerprint density at radius 2 is 2.17 bits per heavy atom. The minimum atomic E-state index is -4.70. The molecule has 1 heterocycles. The number of hydrogen-bond acceptors (Lipinski definition) is 3. The van der Waals surface area contributed by atoms with E-state index in [0.717, 1.165) is 18.5 Å². The maximum atomic E-state index is 12.9. The second-order valence-electron chi connectivity index (χ2n) is 5.14. The minimum absolute atomic E-state index is 0.0676. The third kappa shape index (κ3) is 4.10.